The SMILES string of the molecule is CCOC(=O)CC1(O)OBc2cc(Oc3cccc(O)c3)cc(C)c21. The summed E-state index contributed by atoms with van der Waals surface area (Å²) in [7, 11) is 0.170. The van der Waals surface area contributed by atoms with Gasteiger partial charge in [-0.05, 0) is 49.1 Å². The van der Waals surface area contributed by atoms with Crippen molar-refractivity contribution in [1.82, 2.24) is 0 Å². The Bertz CT molecular complexity index is 806. The maximum absolute atomic E-state index is 11.8. The molecule has 2 aromatic carbocycles. The van der Waals surface area contributed by atoms with Crippen LogP contribution in [0.3, 0.4) is 0 Å². The van der Waals surface area contributed by atoms with Crippen molar-refractivity contribution in [3.8, 4) is 17.2 Å². The number of fused-ring (bicyclic) bond motifs is 1. The van der Waals surface area contributed by atoms with Crippen molar-refractivity contribution in [3.05, 3.63) is 47.5 Å². The van der Waals surface area contributed by atoms with Gasteiger partial charge >= 0.3 is 13.5 Å². The lowest BCUT2D eigenvalue weighted by atomic mass is 9.83. The highest BCUT2D eigenvalue weighted by Gasteiger charge is 2.42. The molecule has 1 heterocycles. The second kappa shape index (κ2) is 6.78. The average molecular weight is 342 g/mol. The molecule has 0 saturated carbocycles. The van der Waals surface area contributed by atoms with E-state index >= 15 is 0 Å². The van der Waals surface area contributed by atoms with Gasteiger partial charge in [0.05, 0.1) is 6.61 Å². The summed E-state index contributed by atoms with van der Waals surface area (Å²) in [5, 5.41) is 20.3. The largest absolute Gasteiger partial charge is 0.508 e. The molecular formula is C18H19BO6. The van der Waals surface area contributed by atoms with Gasteiger partial charge in [-0.1, -0.05) is 6.07 Å². The zero-order valence-corrected chi connectivity index (χ0v) is 14.1. The van der Waals surface area contributed by atoms with Crippen molar-refractivity contribution >= 4 is 18.9 Å². The molecule has 0 bridgehead atoms. The van der Waals surface area contributed by atoms with E-state index in [1.54, 1.807) is 37.3 Å². The van der Waals surface area contributed by atoms with Crippen molar-refractivity contribution < 1.29 is 29.1 Å². The number of phenols is 1. The van der Waals surface area contributed by atoms with Gasteiger partial charge in [0.15, 0.2) is 5.79 Å². The number of ether oxygens (including phenoxy) is 2. The number of hydrogen-bond acceptors (Lipinski definition) is 6. The maximum Gasteiger partial charge on any atom is 0.313 e. The fraction of sp³-hybridized carbons (Fsp3) is 0.278. The summed E-state index contributed by atoms with van der Waals surface area (Å²) >= 11 is 0. The highest BCUT2D eigenvalue weighted by Crippen LogP contribution is 2.35. The van der Waals surface area contributed by atoms with Gasteiger partial charge in [-0.3, -0.25) is 4.79 Å². The predicted molar refractivity (Wildman–Crippen MR) is 92.4 cm³/mol. The Morgan fingerprint density at radius 3 is 2.80 bits per heavy atom. The van der Waals surface area contributed by atoms with Crippen LogP contribution in [0.1, 0.15) is 24.5 Å². The first-order valence-corrected chi connectivity index (χ1v) is 8.04. The van der Waals surface area contributed by atoms with Gasteiger partial charge in [-0.25, -0.2) is 0 Å². The van der Waals surface area contributed by atoms with Crippen LogP contribution in [-0.4, -0.2) is 30.3 Å². The lowest BCUT2D eigenvalue weighted by Crippen LogP contribution is -2.31. The second-order valence-electron chi connectivity index (χ2n) is 5.93. The van der Waals surface area contributed by atoms with E-state index in [1.807, 2.05) is 6.92 Å². The molecule has 0 amide bonds. The minimum absolute atomic E-state index is 0.113. The zero-order chi connectivity index (χ0) is 18.0. The standard InChI is InChI=1S/C18H19BO6/c1-3-23-16(21)10-18(22)17-11(2)7-14(9-15(17)19-25-18)24-13-6-4-5-12(20)8-13/h4-9,19-20,22H,3,10H2,1-2H3. The second-order valence-corrected chi connectivity index (χ2v) is 5.93. The molecule has 0 saturated heterocycles. The van der Waals surface area contributed by atoms with E-state index in [-0.39, 0.29) is 26.3 Å². The molecule has 7 heteroatoms. The van der Waals surface area contributed by atoms with Gasteiger partial charge in [-0.2, -0.15) is 0 Å². The van der Waals surface area contributed by atoms with Gasteiger partial charge < -0.3 is 24.3 Å². The summed E-state index contributed by atoms with van der Waals surface area (Å²) in [6, 6.07) is 10.0. The molecule has 0 aliphatic carbocycles. The summed E-state index contributed by atoms with van der Waals surface area (Å²) in [5.74, 6) is -1.03. The van der Waals surface area contributed by atoms with Crippen molar-refractivity contribution in [1.29, 1.82) is 0 Å². The number of hydrogen-bond donors (Lipinski definition) is 2. The van der Waals surface area contributed by atoms with Crippen LogP contribution >= 0.6 is 0 Å². The van der Waals surface area contributed by atoms with Crippen LogP contribution in [0.4, 0.5) is 0 Å². The molecule has 2 aromatic rings. The molecule has 130 valence electrons. The number of aryl methyl sites for hydroxylation is 1. The van der Waals surface area contributed by atoms with Crippen molar-refractivity contribution in [2.45, 2.75) is 26.1 Å². The smallest absolute Gasteiger partial charge is 0.313 e. The van der Waals surface area contributed by atoms with E-state index in [2.05, 4.69) is 0 Å². The molecule has 0 spiro atoms. The fourth-order valence-corrected chi connectivity index (χ4v) is 3.06. The molecule has 3 rings (SSSR count). The van der Waals surface area contributed by atoms with Gasteiger partial charge in [0, 0.05) is 11.6 Å². The molecule has 2 N–H and O–H groups in total. The molecule has 25 heavy (non-hydrogen) atoms. The van der Waals surface area contributed by atoms with E-state index in [9.17, 15) is 15.0 Å². The average Bonchev–Trinajstić information content (AvgIpc) is 2.84. The summed E-state index contributed by atoms with van der Waals surface area (Å²) in [6.45, 7) is 3.78. The molecule has 1 aliphatic heterocycles. The van der Waals surface area contributed by atoms with E-state index in [0.29, 0.717) is 17.1 Å². The Balaban J connectivity index is 1.87. The third kappa shape index (κ3) is 3.62. The minimum atomic E-state index is -1.69. The molecule has 1 atom stereocenters. The van der Waals surface area contributed by atoms with Crippen molar-refractivity contribution in [2.24, 2.45) is 0 Å². The Labute approximate surface area is 146 Å². The number of carbonyl (C=O) groups is 1. The topological polar surface area (TPSA) is 85.2 Å². The number of aliphatic hydroxyl groups is 1. The van der Waals surface area contributed by atoms with Crippen molar-refractivity contribution in [3.63, 3.8) is 0 Å². The van der Waals surface area contributed by atoms with E-state index < -0.39 is 11.8 Å². The summed E-state index contributed by atoms with van der Waals surface area (Å²) in [5.41, 5.74) is 2.07. The number of esters is 1. The van der Waals surface area contributed by atoms with E-state index in [4.69, 9.17) is 14.1 Å². The number of carbonyl (C=O) groups excluding carboxylic acids is 1. The Morgan fingerprint density at radius 2 is 2.08 bits per heavy atom. The van der Waals surface area contributed by atoms with E-state index in [0.717, 1.165) is 11.0 Å². The van der Waals surface area contributed by atoms with Gasteiger partial charge in [0.1, 0.15) is 23.7 Å². The third-order valence-corrected chi connectivity index (χ3v) is 3.99. The minimum Gasteiger partial charge on any atom is -0.508 e. The molecule has 0 aromatic heterocycles. The summed E-state index contributed by atoms with van der Waals surface area (Å²) in [4.78, 5) is 11.8. The summed E-state index contributed by atoms with van der Waals surface area (Å²) < 4.78 is 16.2. The molecule has 0 fully saturated rings. The van der Waals surface area contributed by atoms with Gasteiger partial charge in [-0.15, -0.1) is 0 Å². The van der Waals surface area contributed by atoms with Crippen LogP contribution in [0.5, 0.6) is 17.2 Å². The molecular weight excluding hydrogens is 323 g/mol. The van der Waals surface area contributed by atoms with Crippen LogP contribution in [0.15, 0.2) is 36.4 Å². The molecule has 1 unspecified atom stereocenters. The van der Waals surface area contributed by atoms with Crippen molar-refractivity contribution in [2.75, 3.05) is 6.61 Å². The highest BCUT2D eigenvalue weighted by molar-refractivity contribution is 6.49. The monoisotopic (exact) mass is 342 g/mol. The van der Waals surface area contributed by atoms with Crippen LogP contribution in [0.2, 0.25) is 0 Å². The maximum atomic E-state index is 11.8. The van der Waals surface area contributed by atoms with Crippen LogP contribution < -0.4 is 10.2 Å². The zero-order valence-electron chi connectivity index (χ0n) is 14.1. The van der Waals surface area contributed by atoms with Gasteiger partial charge in [0.2, 0.25) is 0 Å². The Hall–Kier alpha value is -2.51. The first-order valence-electron chi connectivity index (χ1n) is 8.04. The number of benzene rings is 2. The third-order valence-electron chi connectivity index (χ3n) is 3.99. The lowest BCUT2D eigenvalue weighted by molar-refractivity contribution is -0.174. The fourth-order valence-electron chi connectivity index (χ4n) is 3.06. The van der Waals surface area contributed by atoms with Gasteiger partial charge in [0.25, 0.3) is 0 Å². The molecule has 0 radical (unpaired) electrons. The van der Waals surface area contributed by atoms with Crippen LogP contribution in [0.25, 0.3) is 0 Å². The first-order chi connectivity index (χ1) is 11.9. The lowest BCUT2D eigenvalue weighted by Gasteiger charge is -2.25. The number of aromatic hydroxyl groups is 1. The summed E-state index contributed by atoms with van der Waals surface area (Å²) in [6.07, 6.45) is -0.262. The normalized spacial score (nSPS) is 18.4. The first kappa shape index (κ1) is 17.3. The Kier molecular flexibility index (Phi) is 4.70. The quantitative estimate of drug-likeness (QED) is 0.634. The highest BCUT2D eigenvalue weighted by atomic mass is 16.6. The van der Waals surface area contributed by atoms with Crippen LogP contribution in [0, 0.1) is 6.92 Å². The van der Waals surface area contributed by atoms with E-state index in [1.165, 1.54) is 6.07 Å². The number of phenolic OH excluding ortho intramolecular Hbond substituents is 1. The number of rotatable bonds is 5. The Morgan fingerprint density at radius 1 is 1.28 bits per heavy atom. The van der Waals surface area contributed by atoms with Crippen LogP contribution in [-0.2, 0) is 20.0 Å². The molecule has 1 aliphatic rings. The molecule has 6 nitrogen and oxygen atoms in total. The predicted octanol–water partition coefficient (Wildman–Crippen LogP) is 1.60.